The second kappa shape index (κ2) is 7.81. The van der Waals surface area contributed by atoms with Crippen LogP contribution in [0.3, 0.4) is 0 Å². The molecule has 0 fully saturated rings. The fourth-order valence-corrected chi connectivity index (χ4v) is 3.01. The molecule has 3 rings (SSSR count). The predicted molar refractivity (Wildman–Crippen MR) is 101 cm³/mol. The van der Waals surface area contributed by atoms with Crippen molar-refractivity contribution in [2.75, 3.05) is 5.32 Å². The van der Waals surface area contributed by atoms with Gasteiger partial charge in [-0.3, -0.25) is 15.1 Å². The topological polar surface area (TPSA) is 54.0 Å². The van der Waals surface area contributed by atoms with Gasteiger partial charge in [0, 0.05) is 18.1 Å². The lowest BCUT2D eigenvalue weighted by Crippen LogP contribution is -2.33. The number of amides is 1. The van der Waals surface area contributed by atoms with E-state index in [1.165, 1.54) is 22.5 Å². The van der Waals surface area contributed by atoms with Crippen LogP contribution in [0.1, 0.15) is 20.8 Å². The quantitative estimate of drug-likeness (QED) is 0.699. The van der Waals surface area contributed by atoms with Gasteiger partial charge in [-0.25, -0.2) is 0 Å². The summed E-state index contributed by atoms with van der Waals surface area (Å²) >= 11 is 6.56. The lowest BCUT2D eigenvalue weighted by molar-refractivity contribution is 0.0981. The number of pyridine rings is 1. The van der Waals surface area contributed by atoms with Crippen LogP contribution in [0.2, 0.25) is 0 Å². The van der Waals surface area contributed by atoms with Crippen molar-refractivity contribution < 1.29 is 4.79 Å². The van der Waals surface area contributed by atoms with Crippen molar-refractivity contribution in [2.24, 2.45) is 0 Å². The van der Waals surface area contributed by atoms with E-state index in [9.17, 15) is 4.79 Å². The smallest absolute Gasteiger partial charge is 0.267 e. The molecule has 4 nitrogen and oxygen atoms in total. The van der Waals surface area contributed by atoms with Gasteiger partial charge in [0.25, 0.3) is 5.91 Å². The zero-order chi connectivity index (χ0) is 16.8. The highest BCUT2D eigenvalue weighted by Crippen LogP contribution is 2.13. The molecule has 0 radical (unpaired) electrons. The summed E-state index contributed by atoms with van der Waals surface area (Å²) in [6.45, 7) is 0. The van der Waals surface area contributed by atoms with E-state index in [1.807, 2.05) is 47.8 Å². The molecule has 3 aromatic rings. The summed E-state index contributed by atoms with van der Waals surface area (Å²) in [4.78, 5) is 16.6. The normalized spacial score (nSPS) is 10.2. The number of carbonyl (C=O) groups excluding carboxylic acids is 1. The first-order chi connectivity index (χ1) is 11.7. The zero-order valence-corrected chi connectivity index (χ0v) is 14.4. The lowest BCUT2D eigenvalue weighted by Gasteiger charge is -2.09. The molecule has 2 heterocycles. The maximum atomic E-state index is 11.9. The van der Waals surface area contributed by atoms with E-state index < -0.39 is 0 Å². The summed E-state index contributed by atoms with van der Waals surface area (Å²) < 4.78 is 0. The Bertz CT molecular complexity index is 815. The Hall–Kier alpha value is -2.57. The number of anilines is 1. The Balaban J connectivity index is 1.56. The average Bonchev–Trinajstić information content (AvgIpc) is 3.12. The van der Waals surface area contributed by atoms with Crippen LogP contribution in [0.15, 0.2) is 66.3 Å². The van der Waals surface area contributed by atoms with E-state index in [-0.39, 0.29) is 11.0 Å². The van der Waals surface area contributed by atoms with Crippen LogP contribution in [0.5, 0.6) is 0 Å². The highest BCUT2D eigenvalue weighted by Gasteiger charge is 2.08. The fraction of sp³-hybridized carbons (Fsp3) is 0.0556. The number of benzene rings is 1. The Labute approximate surface area is 149 Å². The third kappa shape index (κ3) is 4.47. The highest BCUT2D eigenvalue weighted by molar-refractivity contribution is 7.80. The molecule has 0 saturated heterocycles. The molecule has 0 saturated carbocycles. The van der Waals surface area contributed by atoms with E-state index >= 15 is 0 Å². The predicted octanol–water partition coefficient (Wildman–Crippen LogP) is 3.86. The third-order valence-electron chi connectivity index (χ3n) is 3.34. The van der Waals surface area contributed by atoms with Crippen molar-refractivity contribution in [2.45, 2.75) is 6.42 Å². The van der Waals surface area contributed by atoms with Gasteiger partial charge in [0.05, 0.1) is 4.88 Å². The molecule has 2 N–H and O–H groups in total. The molecule has 120 valence electrons. The molecule has 0 spiro atoms. The molecule has 0 bridgehead atoms. The van der Waals surface area contributed by atoms with Crippen LogP contribution in [0, 0.1) is 0 Å². The standard InChI is InChI=1S/C18H15N3OS2/c22-17(16-2-1-11-24-16)21-18(23)20-15-5-3-13(4-6-15)12-14-7-9-19-10-8-14/h1-11H,12H2,(H2,20,21,22,23). The molecule has 0 aliphatic rings. The Morgan fingerprint density at radius 1 is 1.04 bits per heavy atom. The van der Waals surface area contributed by atoms with E-state index in [4.69, 9.17) is 12.2 Å². The van der Waals surface area contributed by atoms with Crippen molar-refractivity contribution in [1.82, 2.24) is 10.3 Å². The lowest BCUT2D eigenvalue weighted by atomic mass is 10.1. The van der Waals surface area contributed by atoms with Crippen molar-refractivity contribution in [3.8, 4) is 0 Å². The van der Waals surface area contributed by atoms with Gasteiger partial charge in [0.15, 0.2) is 5.11 Å². The zero-order valence-electron chi connectivity index (χ0n) is 12.7. The summed E-state index contributed by atoms with van der Waals surface area (Å²) in [5.41, 5.74) is 3.25. The van der Waals surface area contributed by atoms with Crippen molar-refractivity contribution in [3.05, 3.63) is 82.3 Å². The molecule has 0 atom stereocenters. The Morgan fingerprint density at radius 3 is 2.42 bits per heavy atom. The van der Waals surface area contributed by atoms with Crippen LogP contribution in [-0.4, -0.2) is 16.0 Å². The average molecular weight is 353 g/mol. The van der Waals surface area contributed by atoms with Gasteiger partial charge in [-0.2, -0.15) is 0 Å². The van der Waals surface area contributed by atoms with Gasteiger partial charge in [0.2, 0.25) is 0 Å². The van der Waals surface area contributed by atoms with Crippen molar-refractivity contribution in [1.29, 1.82) is 0 Å². The maximum absolute atomic E-state index is 11.9. The number of thiophene rings is 1. The van der Waals surface area contributed by atoms with E-state index in [0.29, 0.717) is 4.88 Å². The minimum absolute atomic E-state index is 0.197. The van der Waals surface area contributed by atoms with Crippen LogP contribution < -0.4 is 10.6 Å². The summed E-state index contributed by atoms with van der Waals surface area (Å²) in [6.07, 6.45) is 4.43. The number of hydrogen-bond acceptors (Lipinski definition) is 4. The SMILES string of the molecule is O=C(NC(=S)Nc1ccc(Cc2ccncc2)cc1)c1cccs1. The van der Waals surface area contributed by atoms with Crippen molar-refractivity contribution in [3.63, 3.8) is 0 Å². The van der Waals surface area contributed by atoms with Crippen LogP contribution in [0.25, 0.3) is 0 Å². The second-order valence-corrected chi connectivity index (χ2v) is 6.47. The molecule has 0 aliphatic carbocycles. The molecule has 6 heteroatoms. The first-order valence-electron chi connectivity index (χ1n) is 7.34. The Morgan fingerprint density at radius 2 is 1.75 bits per heavy atom. The molecule has 1 aromatic carbocycles. The second-order valence-electron chi connectivity index (χ2n) is 5.11. The van der Waals surface area contributed by atoms with Crippen LogP contribution in [-0.2, 0) is 6.42 Å². The third-order valence-corrected chi connectivity index (χ3v) is 4.41. The number of rotatable bonds is 4. The van der Waals surface area contributed by atoms with Gasteiger partial charge >= 0.3 is 0 Å². The van der Waals surface area contributed by atoms with Gasteiger partial charge < -0.3 is 5.32 Å². The number of nitrogens with zero attached hydrogens (tertiary/aromatic N) is 1. The van der Waals surface area contributed by atoms with E-state index in [1.54, 1.807) is 18.5 Å². The first-order valence-corrected chi connectivity index (χ1v) is 8.63. The number of hydrogen-bond donors (Lipinski definition) is 2. The summed E-state index contributed by atoms with van der Waals surface area (Å²) in [6, 6.07) is 15.6. The molecular weight excluding hydrogens is 338 g/mol. The number of nitrogens with one attached hydrogen (secondary N) is 2. The van der Waals surface area contributed by atoms with Gasteiger partial charge in [-0.15, -0.1) is 11.3 Å². The molecule has 1 amide bonds. The molecule has 0 aliphatic heterocycles. The fourth-order valence-electron chi connectivity index (χ4n) is 2.18. The molecule has 2 aromatic heterocycles. The first kappa shape index (κ1) is 16.3. The molecular formula is C18H15N3OS2. The minimum Gasteiger partial charge on any atom is -0.332 e. The number of thiocarbonyl (C=S) groups is 1. The summed E-state index contributed by atoms with van der Waals surface area (Å²) in [7, 11) is 0. The largest absolute Gasteiger partial charge is 0.332 e. The van der Waals surface area contributed by atoms with E-state index in [0.717, 1.165) is 12.1 Å². The summed E-state index contributed by atoms with van der Waals surface area (Å²) in [5, 5.41) is 7.83. The van der Waals surface area contributed by atoms with Gasteiger partial charge in [-0.1, -0.05) is 18.2 Å². The minimum atomic E-state index is -0.197. The van der Waals surface area contributed by atoms with Crippen molar-refractivity contribution >= 4 is 40.3 Å². The highest BCUT2D eigenvalue weighted by atomic mass is 32.1. The maximum Gasteiger partial charge on any atom is 0.267 e. The van der Waals surface area contributed by atoms with Gasteiger partial charge in [-0.05, 0) is 65.5 Å². The van der Waals surface area contributed by atoms with E-state index in [2.05, 4.69) is 15.6 Å². The van der Waals surface area contributed by atoms with Gasteiger partial charge in [0.1, 0.15) is 0 Å². The molecule has 24 heavy (non-hydrogen) atoms. The van der Waals surface area contributed by atoms with Crippen LogP contribution >= 0.6 is 23.6 Å². The Kier molecular flexibility index (Phi) is 5.30. The summed E-state index contributed by atoms with van der Waals surface area (Å²) in [5.74, 6) is -0.197. The number of carbonyl (C=O) groups is 1. The monoisotopic (exact) mass is 353 g/mol. The van der Waals surface area contributed by atoms with Crippen LogP contribution in [0.4, 0.5) is 5.69 Å². The molecule has 0 unspecified atom stereocenters. The number of aromatic nitrogens is 1.